The van der Waals surface area contributed by atoms with Crippen molar-refractivity contribution in [3.05, 3.63) is 29.3 Å². The van der Waals surface area contributed by atoms with Gasteiger partial charge in [0.2, 0.25) is 0 Å². The molecule has 0 bridgehead atoms. The minimum absolute atomic E-state index is 0.503. The smallest absolute Gasteiger partial charge is 0.135 e. The number of benzene rings is 1. The molecule has 0 aromatic heterocycles. The first-order chi connectivity index (χ1) is 5.59. The van der Waals surface area contributed by atoms with E-state index in [1.165, 1.54) is 11.1 Å². The molecule has 0 fully saturated rings. The van der Waals surface area contributed by atoms with E-state index < -0.39 is 0 Å². The highest BCUT2D eigenvalue weighted by atomic mass is 32.1. The summed E-state index contributed by atoms with van der Waals surface area (Å²) in [4.78, 5) is 0. The summed E-state index contributed by atoms with van der Waals surface area (Å²) in [7, 11) is 0. The average Bonchev–Trinajstić information content (AvgIpc) is 1.96. The van der Waals surface area contributed by atoms with Crippen molar-refractivity contribution >= 4 is 34.9 Å². The second-order valence-corrected chi connectivity index (χ2v) is 3.91. The summed E-state index contributed by atoms with van der Waals surface area (Å²) >= 11 is 8.84. The van der Waals surface area contributed by atoms with Gasteiger partial charge in [-0.25, -0.2) is 0 Å². The largest absolute Gasteiger partial charge is 0.341 e. The fraction of sp³-hybridized carbons (Fsp3) is 0.222. The summed E-state index contributed by atoms with van der Waals surface area (Å²) in [5.41, 5.74) is 3.43. The zero-order valence-electron chi connectivity index (χ0n) is 7.09. The Bertz CT molecular complexity index is 307. The van der Waals surface area contributed by atoms with Crippen LogP contribution in [0.4, 0.5) is 5.69 Å². The molecule has 0 atom stereocenters. The highest BCUT2D eigenvalue weighted by molar-refractivity contribution is 8.11. The van der Waals surface area contributed by atoms with E-state index in [2.05, 4.69) is 36.1 Å². The lowest BCUT2D eigenvalue weighted by Crippen LogP contribution is -2.02. The summed E-state index contributed by atoms with van der Waals surface area (Å²) < 4.78 is 0.503. The van der Waals surface area contributed by atoms with Crippen molar-refractivity contribution in [3.63, 3.8) is 0 Å². The number of hydrogen-bond acceptors (Lipinski definition) is 1. The fourth-order valence-corrected chi connectivity index (χ4v) is 1.22. The third kappa shape index (κ3) is 2.50. The highest BCUT2D eigenvalue weighted by Crippen LogP contribution is 2.16. The second kappa shape index (κ2) is 3.92. The van der Waals surface area contributed by atoms with Gasteiger partial charge in [0.1, 0.15) is 4.32 Å². The van der Waals surface area contributed by atoms with Crippen molar-refractivity contribution in [2.24, 2.45) is 0 Å². The van der Waals surface area contributed by atoms with Crippen LogP contribution in [-0.4, -0.2) is 4.32 Å². The minimum Gasteiger partial charge on any atom is -0.341 e. The molecule has 0 unspecified atom stereocenters. The molecule has 3 heteroatoms. The van der Waals surface area contributed by atoms with Crippen LogP contribution in [0.2, 0.25) is 0 Å². The molecule has 0 saturated heterocycles. The first-order valence-electron chi connectivity index (χ1n) is 3.67. The highest BCUT2D eigenvalue weighted by Gasteiger charge is 1.97. The van der Waals surface area contributed by atoms with Gasteiger partial charge in [-0.2, -0.15) is 0 Å². The summed E-state index contributed by atoms with van der Waals surface area (Å²) in [6.07, 6.45) is 0. The van der Waals surface area contributed by atoms with Crippen LogP contribution in [0.3, 0.4) is 0 Å². The number of rotatable bonds is 1. The lowest BCUT2D eigenvalue weighted by Gasteiger charge is -2.07. The van der Waals surface area contributed by atoms with Gasteiger partial charge in [-0.05, 0) is 31.0 Å². The van der Waals surface area contributed by atoms with Gasteiger partial charge in [0.15, 0.2) is 0 Å². The van der Waals surface area contributed by atoms with Crippen LogP contribution in [0.15, 0.2) is 18.2 Å². The Kier molecular flexibility index (Phi) is 3.12. The van der Waals surface area contributed by atoms with Crippen LogP contribution >= 0.6 is 24.8 Å². The molecule has 1 aromatic carbocycles. The molecule has 0 aliphatic carbocycles. The third-order valence-corrected chi connectivity index (χ3v) is 1.85. The van der Waals surface area contributed by atoms with E-state index in [0.717, 1.165) is 5.69 Å². The predicted molar refractivity (Wildman–Crippen MR) is 61.1 cm³/mol. The molecule has 0 aliphatic heterocycles. The van der Waals surface area contributed by atoms with Gasteiger partial charge >= 0.3 is 0 Å². The number of thiocarbonyl (C=S) groups is 1. The quantitative estimate of drug-likeness (QED) is 0.530. The van der Waals surface area contributed by atoms with Crippen molar-refractivity contribution in [2.45, 2.75) is 13.8 Å². The maximum absolute atomic E-state index is 4.83. The van der Waals surface area contributed by atoms with E-state index in [9.17, 15) is 0 Å². The minimum atomic E-state index is 0.503. The van der Waals surface area contributed by atoms with Crippen LogP contribution < -0.4 is 5.32 Å². The molecule has 1 nitrogen and oxygen atoms in total. The van der Waals surface area contributed by atoms with E-state index in [-0.39, 0.29) is 0 Å². The Labute approximate surface area is 83.6 Å². The Morgan fingerprint density at radius 2 is 2.08 bits per heavy atom. The molecule has 1 rings (SSSR count). The maximum Gasteiger partial charge on any atom is 0.135 e. The topological polar surface area (TPSA) is 12.0 Å². The number of hydrogen-bond donors (Lipinski definition) is 2. The summed E-state index contributed by atoms with van der Waals surface area (Å²) in [5, 5.41) is 3.01. The van der Waals surface area contributed by atoms with Gasteiger partial charge in [0.05, 0.1) is 0 Å². The lowest BCUT2D eigenvalue weighted by atomic mass is 10.1. The van der Waals surface area contributed by atoms with Crippen molar-refractivity contribution < 1.29 is 0 Å². The van der Waals surface area contributed by atoms with E-state index in [4.69, 9.17) is 12.2 Å². The van der Waals surface area contributed by atoms with Crippen LogP contribution in [0, 0.1) is 13.8 Å². The normalized spacial score (nSPS) is 9.58. The third-order valence-electron chi connectivity index (χ3n) is 1.63. The molecule has 64 valence electrons. The molecular formula is C9H11NS2. The maximum atomic E-state index is 4.83. The second-order valence-electron chi connectivity index (χ2n) is 2.75. The van der Waals surface area contributed by atoms with Gasteiger partial charge < -0.3 is 5.32 Å². The molecule has 0 aliphatic rings. The monoisotopic (exact) mass is 197 g/mol. The number of thiol groups is 1. The zero-order valence-corrected chi connectivity index (χ0v) is 8.80. The number of nitrogens with one attached hydrogen (secondary N) is 1. The van der Waals surface area contributed by atoms with Gasteiger partial charge in [-0.1, -0.05) is 24.4 Å². The zero-order chi connectivity index (χ0) is 9.14. The first kappa shape index (κ1) is 9.55. The van der Waals surface area contributed by atoms with Crippen LogP contribution in [-0.2, 0) is 0 Å². The van der Waals surface area contributed by atoms with E-state index in [0.29, 0.717) is 4.32 Å². The van der Waals surface area contributed by atoms with Crippen LogP contribution in [0.1, 0.15) is 11.1 Å². The van der Waals surface area contributed by atoms with Crippen LogP contribution in [0.5, 0.6) is 0 Å². The van der Waals surface area contributed by atoms with Gasteiger partial charge in [0, 0.05) is 5.69 Å². The van der Waals surface area contributed by atoms with Crippen molar-refractivity contribution in [1.82, 2.24) is 0 Å². The number of aryl methyl sites for hydroxylation is 2. The summed E-state index contributed by atoms with van der Waals surface area (Å²) in [5.74, 6) is 0. The molecule has 0 heterocycles. The molecule has 0 amide bonds. The Hall–Kier alpha value is -0.540. The van der Waals surface area contributed by atoms with Gasteiger partial charge in [0.25, 0.3) is 0 Å². The number of anilines is 1. The van der Waals surface area contributed by atoms with E-state index >= 15 is 0 Å². The van der Waals surface area contributed by atoms with E-state index in [1.54, 1.807) is 0 Å². The summed E-state index contributed by atoms with van der Waals surface area (Å²) in [6, 6.07) is 6.18. The average molecular weight is 197 g/mol. The standard InChI is InChI=1S/C9H11NS2/c1-6-3-4-7(2)8(5-6)10-9(11)12/h3-5H,1-2H3,(H2,10,11,12). The summed E-state index contributed by atoms with van der Waals surface area (Å²) in [6.45, 7) is 4.08. The Balaban J connectivity index is 2.97. The SMILES string of the molecule is Cc1ccc(C)c(NC(=S)S)c1. The molecule has 1 aromatic rings. The fourth-order valence-electron chi connectivity index (χ4n) is 0.986. The Morgan fingerprint density at radius 3 is 2.67 bits per heavy atom. The lowest BCUT2D eigenvalue weighted by molar-refractivity contribution is 1.39. The van der Waals surface area contributed by atoms with Crippen molar-refractivity contribution in [2.75, 3.05) is 5.32 Å². The van der Waals surface area contributed by atoms with Crippen molar-refractivity contribution in [3.8, 4) is 0 Å². The van der Waals surface area contributed by atoms with Crippen LogP contribution in [0.25, 0.3) is 0 Å². The van der Waals surface area contributed by atoms with Crippen molar-refractivity contribution in [1.29, 1.82) is 0 Å². The molecular weight excluding hydrogens is 186 g/mol. The first-order valence-corrected chi connectivity index (χ1v) is 4.52. The predicted octanol–water partition coefficient (Wildman–Crippen LogP) is 2.93. The Morgan fingerprint density at radius 1 is 1.42 bits per heavy atom. The van der Waals surface area contributed by atoms with Gasteiger partial charge in [-0.15, -0.1) is 12.6 Å². The molecule has 1 N–H and O–H groups in total. The molecule has 0 saturated carbocycles. The molecule has 12 heavy (non-hydrogen) atoms. The molecule has 0 radical (unpaired) electrons. The van der Waals surface area contributed by atoms with E-state index in [1.807, 2.05) is 13.8 Å². The molecule has 0 spiro atoms. The van der Waals surface area contributed by atoms with Gasteiger partial charge in [-0.3, -0.25) is 0 Å².